The molecule has 1 N–H and O–H groups in total. The highest BCUT2D eigenvalue weighted by molar-refractivity contribution is 9.10. The lowest BCUT2D eigenvalue weighted by Crippen LogP contribution is -2.35. The number of nitrogens with one attached hydrogen (secondary N) is 1. The Kier molecular flexibility index (Phi) is 3.68. The van der Waals surface area contributed by atoms with Gasteiger partial charge in [-0.25, -0.2) is 4.39 Å². The average Bonchev–Trinajstić information content (AvgIpc) is 2.48. The van der Waals surface area contributed by atoms with Gasteiger partial charge in [0, 0.05) is 17.2 Å². The summed E-state index contributed by atoms with van der Waals surface area (Å²) in [7, 11) is 1.76. The predicted octanol–water partition coefficient (Wildman–Crippen LogP) is 4.11. The first kappa shape index (κ1) is 14.1. The van der Waals surface area contributed by atoms with Crippen molar-refractivity contribution in [2.45, 2.75) is 12.5 Å². The molecular formula is C16H14BrFN2O. The second-order valence-electron chi connectivity index (χ2n) is 5.01. The van der Waals surface area contributed by atoms with Gasteiger partial charge in [0.1, 0.15) is 5.82 Å². The fraction of sp³-hybridized carbons (Fsp3) is 0.188. The molecule has 1 aliphatic rings. The van der Waals surface area contributed by atoms with Crippen molar-refractivity contribution in [2.24, 2.45) is 0 Å². The Bertz CT molecular complexity index is 684. The Morgan fingerprint density at radius 1 is 1.24 bits per heavy atom. The molecule has 3 rings (SSSR count). The van der Waals surface area contributed by atoms with Gasteiger partial charge in [-0.2, -0.15) is 0 Å². The lowest BCUT2D eigenvalue weighted by atomic mass is 9.96. The molecule has 0 spiro atoms. The summed E-state index contributed by atoms with van der Waals surface area (Å²) in [5.74, 6) is -0.327. The molecule has 1 aliphatic heterocycles. The van der Waals surface area contributed by atoms with E-state index in [2.05, 4.69) is 21.2 Å². The summed E-state index contributed by atoms with van der Waals surface area (Å²) < 4.78 is 14.6. The van der Waals surface area contributed by atoms with Crippen molar-refractivity contribution in [1.29, 1.82) is 0 Å². The fourth-order valence-corrected chi connectivity index (χ4v) is 3.04. The molecule has 0 aromatic heterocycles. The topological polar surface area (TPSA) is 32.3 Å². The normalized spacial score (nSPS) is 17.6. The van der Waals surface area contributed by atoms with Crippen molar-refractivity contribution in [3.8, 4) is 0 Å². The molecule has 0 radical (unpaired) electrons. The number of rotatable bonds is 2. The molecule has 2 aromatic rings. The third-order valence-corrected chi connectivity index (χ3v) is 4.37. The average molecular weight is 349 g/mol. The third-order valence-electron chi connectivity index (χ3n) is 3.71. The fourth-order valence-electron chi connectivity index (χ4n) is 2.58. The monoisotopic (exact) mass is 348 g/mol. The molecule has 0 aliphatic carbocycles. The van der Waals surface area contributed by atoms with Gasteiger partial charge in [0.25, 0.3) is 0 Å². The number of halogens is 2. The van der Waals surface area contributed by atoms with E-state index in [9.17, 15) is 9.18 Å². The molecule has 3 nitrogen and oxygen atoms in total. The SMILES string of the molecule is CN1C(=O)CC(Nc2c(F)cccc2Br)c2ccccc21. The van der Waals surface area contributed by atoms with Crippen molar-refractivity contribution in [1.82, 2.24) is 0 Å². The Balaban J connectivity index is 2.00. The molecule has 1 atom stereocenters. The minimum atomic E-state index is -0.340. The maximum atomic E-state index is 14.0. The lowest BCUT2D eigenvalue weighted by molar-refractivity contribution is -0.118. The van der Waals surface area contributed by atoms with Crippen LogP contribution in [-0.2, 0) is 4.79 Å². The molecule has 21 heavy (non-hydrogen) atoms. The number of carbonyl (C=O) groups excluding carboxylic acids is 1. The van der Waals surface area contributed by atoms with Crippen LogP contribution in [0.2, 0.25) is 0 Å². The van der Waals surface area contributed by atoms with Gasteiger partial charge in [0.2, 0.25) is 5.91 Å². The summed E-state index contributed by atoms with van der Waals surface area (Å²) in [5, 5.41) is 3.16. The molecule has 2 aromatic carbocycles. The number of amides is 1. The number of benzene rings is 2. The summed E-state index contributed by atoms with van der Waals surface area (Å²) in [6.07, 6.45) is 0.300. The number of hydrogen-bond donors (Lipinski definition) is 1. The highest BCUT2D eigenvalue weighted by Crippen LogP contribution is 2.37. The molecule has 0 bridgehead atoms. The number of hydrogen-bond acceptors (Lipinski definition) is 2. The summed E-state index contributed by atoms with van der Waals surface area (Å²) in [6.45, 7) is 0. The van der Waals surface area contributed by atoms with Gasteiger partial charge in [-0.1, -0.05) is 24.3 Å². The van der Waals surface area contributed by atoms with E-state index in [1.54, 1.807) is 24.1 Å². The van der Waals surface area contributed by atoms with E-state index in [0.29, 0.717) is 16.6 Å². The number of fused-ring (bicyclic) bond motifs is 1. The number of carbonyl (C=O) groups is 1. The Labute approximate surface area is 130 Å². The lowest BCUT2D eigenvalue weighted by Gasteiger charge is -2.32. The van der Waals surface area contributed by atoms with Gasteiger partial charge in [-0.15, -0.1) is 0 Å². The smallest absolute Gasteiger partial charge is 0.229 e. The number of nitrogens with zero attached hydrogens (tertiary/aromatic N) is 1. The van der Waals surface area contributed by atoms with Crippen molar-refractivity contribution >= 4 is 33.2 Å². The zero-order chi connectivity index (χ0) is 15.0. The zero-order valence-corrected chi connectivity index (χ0v) is 13.0. The van der Waals surface area contributed by atoms with Gasteiger partial charge < -0.3 is 10.2 Å². The van der Waals surface area contributed by atoms with Crippen LogP contribution < -0.4 is 10.2 Å². The summed E-state index contributed by atoms with van der Waals surface area (Å²) in [5.41, 5.74) is 2.24. The second kappa shape index (κ2) is 5.48. The van der Waals surface area contributed by atoms with Crippen LogP contribution in [0.25, 0.3) is 0 Å². The summed E-state index contributed by atoms with van der Waals surface area (Å²) >= 11 is 3.34. The first-order chi connectivity index (χ1) is 10.1. The highest BCUT2D eigenvalue weighted by atomic mass is 79.9. The van der Waals surface area contributed by atoms with E-state index in [1.807, 2.05) is 24.3 Å². The Hall–Kier alpha value is -1.88. The van der Waals surface area contributed by atoms with Crippen LogP contribution in [0, 0.1) is 5.82 Å². The van der Waals surface area contributed by atoms with Crippen molar-refractivity contribution < 1.29 is 9.18 Å². The van der Waals surface area contributed by atoms with E-state index in [0.717, 1.165) is 11.3 Å². The molecule has 5 heteroatoms. The largest absolute Gasteiger partial charge is 0.374 e. The number of para-hydroxylation sites is 2. The third kappa shape index (κ3) is 2.53. The van der Waals surface area contributed by atoms with Crippen molar-refractivity contribution in [3.05, 3.63) is 58.3 Å². The van der Waals surface area contributed by atoms with Crippen molar-refractivity contribution in [2.75, 3.05) is 17.3 Å². The quantitative estimate of drug-likeness (QED) is 0.885. The van der Waals surface area contributed by atoms with Crippen LogP contribution in [0.1, 0.15) is 18.0 Å². The maximum Gasteiger partial charge on any atom is 0.229 e. The molecule has 1 unspecified atom stereocenters. The van der Waals surface area contributed by atoms with Crippen LogP contribution in [0.3, 0.4) is 0 Å². The van der Waals surface area contributed by atoms with E-state index in [4.69, 9.17) is 0 Å². The van der Waals surface area contributed by atoms with Gasteiger partial charge in [-0.05, 0) is 39.7 Å². The Morgan fingerprint density at radius 3 is 2.76 bits per heavy atom. The Morgan fingerprint density at radius 2 is 2.00 bits per heavy atom. The zero-order valence-electron chi connectivity index (χ0n) is 11.4. The molecule has 0 saturated heterocycles. The van der Waals surface area contributed by atoms with E-state index < -0.39 is 0 Å². The molecular weight excluding hydrogens is 335 g/mol. The van der Waals surface area contributed by atoms with E-state index >= 15 is 0 Å². The van der Waals surface area contributed by atoms with E-state index in [-0.39, 0.29) is 17.8 Å². The van der Waals surface area contributed by atoms with Gasteiger partial charge in [-0.3, -0.25) is 4.79 Å². The van der Waals surface area contributed by atoms with Crippen molar-refractivity contribution in [3.63, 3.8) is 0 Å². The van der Waals surface area contributed by atoms with Gasteiger partial charge in [0.05, 0.1) is 18.2 Å². The van der Waals surface area contributed by atoms with Gasteiger partial charge >= 0.3 is 0 Å². The first-order valence-electron chi connectivity index (χ1n) is 6.64. The highest BCUT2D eigenvalue weighted by Gasteiger charge is 2.29. The van der Waals surface area contributed by atoms with Crippen LogP contribution in [-0.4, -0.2) is 13.0 Å². The molecule has 1 heterocycles. The first-order valence-corrected chi connectivity index (χ1v) is 7.43. The van der Waals surface area contributed by atoms with Crippen LogP contribution in [0.15, 0.2) is 46.9 Å². The molecule has 0 saturated carbocycles. The van der Waals surface area contributed by atoms with Crippen LogP contribution >= 0.6 is 15.9 Å². The predicted molar refractivity (Wildman–Crippen MR) is 84.9 cm³/mol. The van der Waals surface area contributed by atoms with Gasteiger partial charge in [0.15, 0.2) is 0 Å². The molecule has 108 valence electrons. The minimum absolute atomic E-state index is 0.0126. The van der Waals surface area contributed by atoms with Crippen LogP contribution in [0.5, 0.6) is 0 Å². The molecule has 1 amide bonds. The summed E-state index contributed by atoms with van der Waals surface area (Å²) in [6, 6.07) is 12.3. The van der Waals surface area contributed by atoms with Crippen LogP contribution in [0.4, 0.5) is 15.8 Å². The minimum Gasteiger partial charge on any atom is -0.374 e. The standard InChI is InChI=1S/C16H14BrFN2O/c1-20-14-8-3-2-5-10(14)13(9-15(20)21)19-16-11(17)6-4-7-12(16)18/h2-8,13,19H,9H2,1H3. The maximum absolute atomic E-state index is 14.0. The number of anilines is 2. The summed E-state index contributed by atoms with van der Waals surface area (Å²) in [4.78, 5) is 13.8. The molecule has 0 fully saturated rings. The second-order valence-corrected chi connectivity index (χ2v) is 5.86. The van der Waals surface area contributed by atoms with E-state index in [1.165, 1.54) is 6.07 Å².